The number of hydrogen-bond acceptors (Lipinski definition) is 4. The van der Waals surface area contributed by atoms with Crippen molar-refractivity contribution in [2.24, 2.45) is 5.73 Å². The van der Waals surface area contributed by atoms with Crippen molar-refractivity contribution >= 4 is 0 Å². The van der Waals surface area contributed by atoms with Gasteiger partial charge in [0.1, 0.15) is 0 Å². The maximum Gasteiger partial charge on any atom is 0.0994 e. The molecule has 1 saturated carbocycles. The predicted molar refractivity (Wildman–Crippen MR) is 79.4 cm³/mol. The lowest BCUT2D eigenvalue weighted by Crippen LogP contribution is -2.35. The molecule has 1 fully saturated rings. The maximum absolute atomic E-state index is 6.32. The number of hydrogen-bond donors (Lipinski definition) is 1. The van der Waals surface area contributed by atoms with Gasteiger partial charge >= 0.3 is 0 Å². The lowest BCUT2D eigenvalue weighted by atomic mass is 9.94. The van der Waals surface area contributed by atoms with Gasteiger partial charge in [0.25, 0.3) is 0 Å². The molecule has 0 spiro atoms. The lowest BCUT2D eigenvalue weighted by Gasteiger charge is -2.33. The van der Waals surface area contributed by atoms with Crippen LogP contribution in [0.4, 0.5) is 0 Å². The normalized spacial score (nSPS) is 26.1. The Morgan fingerprint density at radius 2 is 2.20 bits per heavy atom. The smallest absolute Gasteiger partial charge is 0.0994 e. The summed E-state index contributed by atoms with van der Waals surface area (Å²) in [5.41, 5.74) is 7.32. The third kappa shape index (κ3) is 4.01. The molecule has 1 aliphatic carbocycles. The summed E-state index contributed by atoms with van der Waals surface area (Å²) >= 11 is 0. The first-order valence-corrected chi connectivity index (χ1v) is 7.58. The van der Waals surface area contributed by atoms with E-state index in [4.69, 9.17) is 15.2 Å². The summed E-state index contributed by atoms with van der Waals surface area (Å²) in [7, 11) is 1.78. The zero-order valence-electron chi connectivity index (χ0n) is 12.5. The summed E-state index contributed by atoms with van der Waals surface area (Å²) in [4.78, 5) is 4.19. The molecule has 0 amide bonds. The molecule has 4 unspecified atom stereocenters. The van der Waals surface area contributed by atoms with Gasteiger partial charge in [-0.1, -0.05) is 13.0 Å². The molecule has 0 bridgehead atoms. The zero-order valence-corrected chi connectivity index (χ0v) is 12.5. The van der Waals surface area contributed by atoms with Crippen LogP contribution in [0, 0.1) is 0 Å². The first kappa shape index (κ1) is 15.4. The Balaban J connectivity index is 2.04. The Hall–Kier alpha value is -0.970. The number of nitrogens with two attached hydrogens (primary N) is 1. The van der Waals surface area contributed by atoms with Crippen LogP contribution in [-0.2, 0) is 9.47 Å². The number of nitrogens with zero attached hydrogens (tertiary/aromatic N) is 1. The quantitative estimate of drug-likeness (QED) is 0.869. The standard InChI is InChI=1S/C16H26N2O2/c1-3-15(17)16(12-6-5-9-18-11-12)20-14-8-4-7-13(10-14)19-2/h5-6,9,11,13-16H,3-4,7-8,10,17H2,1-2H3. The highest BCUT2D eigenvalue weighted by atomic mass is 16.5. The van der Waals surface area contributed by atoms with E-state index in [1.165, 1.54) is 0 Å². The highest BCUT2D eigenvalue weighted by molar-refractivity contribution is 5.14. The van der Waals surface area contributed by atoms with E-state index in [0.717, 1.165) is 37.7 Å². The average molecular weight is 278 g/mol. The number of methoxy groups -OCH3 is 1. The minimum atomic E-state index is -0.0747. The minimum absolute atomic E-state index is 0.00196. The zero-order chi connectivity index (χ0) is 14.4. The second kappa shape index (κ2) is 7.72. The van der Waals surface area contributed by atoms with Crippen LogP contribution in [0.15, 0.2) is 24.5 Å². The number of ether oxygens (including phenoxy) is 2. The SMILES string of the molecule is CCC(N)C(OC1CCCC(OC)C1)c1cccnc1. The van der Waals surface area contributed by atoms with Crippen LogP contribution in [0.3, 0.4) is 0 Å². The summed E-state index contributed by atoms with van der Waals surface area (Å²) in [6.45, 7) is 2.09. The molecule has 4 heteroatoms. The third-order valence-corrected chi connectivity index (χ3v) is 4.12. The Bertz CT molecular complexity index is 385. The van der Waals surface area contributed by atoms with E-state index in [2.05, 4.69) is 11.9 Å². The molecule has 1 aromatic heterocycles. The number of pyridine rings is 1. The lowest BCUT2D eigenvalue weighted by molar-refractivity contribution is -0.0746. The van der Waals surface area contributed by atoms with E-state index in [0.29, 0.717) is 6.10 Å². The average Bonchev–Trinajstić information content (AvgIpc) is 2.53. The van der Waals surface area contributed by atoms with Crippen LogP contribution >= 0.6 is 0 Å². The molecule has 20 heavy (non-hydrogen) atoms. The van der Waals surface area contributed by atoms with Gasteiger partial charge in [-0.25, -0.2) is 0 Å². The maximum atomic E-state index is 6.32. The van der Waals surface area contributed by atoms with Gasteiger partial charge in [0.15, 0.2) is 0 Å². The molecule has 0 aromatic carbocycles. The first-order chi connectivity index (χ1) is 9.74. The van der Waals surface area contributed by atoms with Crippen molar-refractivity contribution in [1.82, 2.24) is 4.98 Å². The van der Waals surface area contributed by atoms with Crippen molar-refractivity contribution in [2.75, 3.05) is 7.11 Å². The fourth-order valence-corrected chi connectivity index (χ4v) is 2.83. The summed E-state index contributed by atoms with van der Waals surface area (Å²) in [6, 6.07) is 3.98. The highest BCUT2D eigenvalue weighted by Gasteiger charge is 2.28. The molecule has 0 aliphatic heterocycles. The van der Waals surface area contributed by atoms with Gasteiger partial charge in [0.05, 0.1) is 18.3 Å². The Labute approximate surface area is 121 Å². The van der Waals surface area contributed by atoms with E-state index >= 15 is 0 Å². The summed E-state index contributed by atoms with van der Waals surface area (Å²) in [6.07, 6.45) is 9.34. The molecular weight excluding hydrogens is 252 g/mol. The van der Waals surface area contributed by atoms with Crippen LogP contribution in [0.2, 0.25) is 0 Å². The van der Waals surface area contributed by atoms with Crippen molar-refractivity contribution in [3.05, 3.63) is 30.1 Å². The van der Waals surface area contributed by atoms with E-state index in [-0.39, 0.29) is 18.2 Å². The van der Waals surface area contributed by atoms with Crippen LogP contribution in [0.25, 0.3) is 0 Å². The van der Waals surface area contributed by atoms with E-state index in [1.54, 1.807) is 13.3 Å². The molecule has 112 valence electrons. The van der Waals surface area contributed by atoms with Crippen molar-refractivity contribution in [3.63, 3.8) is 0 Å². The second-order valence-corrected chi connectivity index (χ2v) is 5.56. The van der Waals surface area contributed by atoms with Crippen molar-refractivity contribution < 1.29 is 9.47 Å². The predicted octanol–water partition coefficient (Wildman–Crippen LogP) is 2.83. The van der Waals surface area contributed by atoms with Crippen molar-refractivity contribution in [1.29, 1.82) is 0 Å². The first-order valence-electron chi connectivity index (χ1n) is 7.58. The molecule has 1 heterocycles. The third-order valence-electron chi connectivity index (χ3n) is 4.12. The van der Waals surface area contributed by atoms with E-state index in [9.17, 15) is 0 Å². The number of aromatic nitrogens is 1. The molecule has 0 radical (unpaired) electrons. The Morgan fingerprint density at radius 3 is 2.85 bits per heavy atom. The summed E-state index contributed by atoms with van der Waals surface area (Å²) in [5, 5.41) is 0. The van der Waals surface area contributed by atoms with Crippen molar-refractivity contribution in [3.8, 4) is 0 Å². The van der Waals surface area contributed by atoms with Crippen LogP contribution in [-0.4, -0.2) is 30.3 Å². The van der Waals surface area contributed by atoms with Gasteiger partial charge in [-0.15, -0.1) is 0 Å². The molecule has 1 aromatic rings. The molecule has 0 saturated heterocycles. The minimum Gasteiger partial charge on any atom is -0.381 e. The Morgan fingerprint density at radius 1 is 1.40 bits per heavy atom. The molecular formula is C16H26N2O2. The summed E-state index contributed by atoms with van der Waals surface area (Å²) in [5.74, 6) is 0. The van der Waals surface area contributed by atoms with Gasteiger partial charge in [-0.2, -0.15) is 0 Å². The van der Waals surface area contributed by atoms with Crippen molar-refractivity contribution in [2.45, 2.75) is 63.4 Å². The van der Waals surface area contributed by atoms with Crippen LogP contribution in [0.5, 0.6) is 0 Å². The molecule has 4 nitrogen and oxygen atoms in total. The van der Waals surface area contributed by atoms with Gasteiger partial charge < -0.3 is 15.2 Å². The van der Waals surface area contributed by atoms with Gasteiger partial charge in [-0.05, 0) is 38.2 Å². The summed E-state index contributed by atoms with van der Waals surface area (Å²) < 4.78 is 11.8. The second-order valence-electron chi connectivity index (χ2n) is 5.56. The fraction of sp³-hybridized carbons (Fsp3) is 0.688. The van der Waals surface area contributed by atoms with Crippen LogP contribution in [0.1, 0.15) is 50.7 Å². The van der Waals surface area contributed by atoms with Gasteiger partial charge in [0, 0.05) is 31.1 Å². The van der Waals surface area contributed by atoms with Gasteiger partial charge in [-0.3, -0.25) is 4.98 Å². The Kier molecular flexibility index (Phi) is 5.95. The fourth-order valence-electron chi connectivity index (χ4n) is 2.83. The topological polar surface area (TPSA) is 57.4 Å². The number of rotatable bonds is 6. The van der Waals surface area contributed by atoms with E-state index in [1.807, 2.05) is 18.3 Å². The largest absolute Gasteiger partial charge is 0.381 e. The molecule has 4 atom stereocenters. The molecule has 2 N–H and O–H groups in total. The van der Waals surface area contributed by atoms with Crippen LogP contribution < -0.4 is 5.73 Å². The van der Waals surface area contributed by atoms with Gasteiger partial charge in [0.2, 0.25) is 0 Å². The monoisotopic (exact) mass is 278 g/mol. The molecule has 1 aliphatic rings. The van der Waals surface area contributed by atoms with E-state index < -0.39 is 0 Å². The highest BCUT2D eigenvalue weighted by Crippen LogP contribution is 2.30. The molecule has 2 rings (SSSR count).